The zero-order valence-electron chi connectivity index (χ0n) is 13.6. The summed E-state index contributed by atoms with van der Waals surface area (Å²) in [6.45, 7) is 2.84. The van der Waals surface area contributed by atoms with E-state index in [2.05, 4.69) is 34.1 Å². The Morgan fingerprint density at radius 3 is 2.88 bits per heavy atom. The Hall–Kier alpha value is -2.24. The molecule has 0 amide bonds. The first-order valence-corrected chi connectivity index (χ1v) is 8.27. The summed E-state index contributed by atoms with van der Waals surface area (Å²) < 4.78 is 5.87. The minimum absolute atomic E-state index is 0.177. The monoisotopic (exact) mass is 326 g/mol. The van der Waals surface area contributed by atoms with Gasteiger partial charge < -0.3 is 9.84 Å². The van der Waals surface area contributed by atoms with Gasteiger partial charge in [-0.1, -0.05) is 30.3 Å². The summed E-state index contributed by atoms with van der Waals surface area (Å²) in [4.78, 5) is 17.8. The van der Waals surface area contributed by atoms with Gasteiger partial charge >= 0.3 is 5.97 Å². The second-order valence-electron chi connectivity index (χ2n) is 6.05. The van der Waals surface area contributed by atoms with Crippen LogP contribution in [0.25, 0.3) is 0 Å². The number of nitrogens with zero attached hydrogens (tertiary/aromatic N) is 2. The van der Waals surface area contributed by atoms with Crippen LogP contribution in [0.1, 0.15) is 28.0 Å². The van der Waals surface area contributed by atoms with Crippen molar-refractivity contribution in [3.05, 3.63) is 65.5 Å². The molecule has 0 spiro atoms. The molecule has 5 nitrogen and oxygen atoms in total. The minimum atomic E-state index is -0.924. The van der Waals surface area contributed by atoms with Gasteiger partial charge in [0, 0.05) is 25.8 Å². The van der Waals surface area contributed by atoms with Gasteiger partial charge in [-0.25, -0.2) is 4.79 Å². The highest BCUT2D eigenvalue weighted by Crippen LogP contribution is 2.16. The van der Waals surface area contributed by atoms with Crippen molar-refractivity contribution in [2.24, 2.45) is 0 Å². The van der Waals surface area contributed by atoms with E-state index in [1.54, 1.807) is 18.3 Å². The summed E-state index contributed by atoms with van der Waals surface area (Å²) in [6.07, 6.45) is 3.78. The van der Waals surface area contributed by atoms with Crippen molar-refractivity contribution in [1.29, 1.82) is 0 Å². The highest BCUT2D eigenvalue weighted by atomic mass is 16.5. The minimum Gasteiger partial charge on any atom is -0.478 e. The summed E-state index contributed by atoms with van der Waals surface area (Å²) >= 11 is 0. The van der Waals surface area contributed by atoms with Crippen LogP contribution in [0.3, 0.4) is 0 Å². The van der Waals surface area contributed by atoms with E-state index >= 15 is 0 Å². The predicted molar refractivity (Wildman–Crippen MR) is 91.0 cm³/mol. The fourth-order valence-corrected chi connectivity index (χ4v) is 3.04. The highest BCUT2D eigenvalue weighted by Gasteiger charge is 2.22. The van der Waals surface area contributed by atoms with Crippen LogP contribution in [0, 0.1) is 0 Å². The molecule has 3 rings (SSSR count). The SMILES string of the molecule is O=C(O)c1cccnc1CN1CCOC(CCc2ccccc2)C1. The van der Waals surface area contributed by atoms with E-state index in [0.29, 0.717) is 18.8 Å². The lowest BCUT2D eigenvalue weighted by atomic mass is 10.1. The lowest BCUT2D eigenvalue weighted by molar-refractivity contribution is -0.0349. The Kier molecular flexibility index (Phi) is 5.56. The molecule has 0 bridgehead atoms. The van der Waals surface area contributed by atoms with Crippen molar-refractivity contribution < 1.29 is 14.6 Å². The van der Waals surface area contributed by atoms with E-state index < -0.39 is 5.97 Å². The molecule has 0 saturated carbocycles. The Balaban J connectivity index is 1.57. The average molecular weight is 326 g/mol. The fraction of sp³-hybridized carbons (Fsp3) is 0.368. The first-order valence-electron chi connectivity index (χ1n) is 8.27. The molecule has 1 aromatic heterocycles. The third-order valence-corrected chi connectivity index (χ3v) is 4.31. The number of carbonyl (C=O) groups is 1. The second kappa shape index (κ2) is 8.04. The number of carboxylic acids is 1. The zero-order chi connectivity index (χ0) is 16.8. The quantitative estimate of drug-likeness (QED) is 0.884. The van der Waals surface area contributed by atoms with Crippen LogP contribution in [-0.2, 0) is 17.7 Å². The molecule has 1 aliphatic rings. The summed E-state index contributed by atoms with van der Waals surface area (Å²) in [5, 5.41) is 9.27. The lowest BCUT2D eigenvalue weighted by Gasteiger charge is -2.33. The molecule has 2 aromatic rings. The number of ether oxygens (including phenoxy) is 1. The molecule has 0 aliphatic carbocycles. The van der Waals surface area contributed by atoms with Crippen LogP contribution < -0.4 is 0 Å². The van der Waals surface area contributed by atoms with Crippen molar-refractivity contribution in [2.75, 3.05) is 19.7 Å². The van der Waals surface area contributed by atoms with Crippen LogP contribution in [0.5, 0.6) is 0 Å². The van der Waals surface area contributed by atoms with Gasteiger partial charge in [0.05, 0.1) is 24.0 Å². The van der Waals surface area contributed by atoms with Crippen LogP contribution in [0.2, 0.25) is 0 Å². The van der Waals surface area contributed by atoms with Crippen LogP contribution in [-0.4, -0.2) is 46.8 Å². The molecule has 2 heterocycles. The molecule has 1 fully saturated rings. The molecule has 126 valence electrons. The van der Waals surface area contributed by atoms with Gasteiger partial charge in [0.1, 0.15) is 0 Å². The van der Waals surface area contributed by atoms with E-state index in [-0.39, 0.29) is 11.7 Å². The first-order chi connectivity index (χ1) is 11.7. The maximum Gasteiger partial charge on any atom is 0.337 e. The van der Waals surface area contributed by atoms with E-state index in [1.165, 1.54) is 5.56 Å². The number of morpholine rings is 1. The molecular weight excluding hydrogens is 304 g/mol. The van der Waals surface area contributed by atoms with Crippen molar-refractivity contribution in [3.63, 3.8) is 0 Å². The third-order valence-electron chi connectivity index (χ3n) is 4.31. The standard InChI is InChI=1S/C19H22N2O3/c22-19(23)17-7-4-10-20-18(17)14-21-11-12-24-16(13-21)9-8-15-5-2-1-3-6-15/h1-7,10,16H,8-9,11-14H2,(H,22,23). The number of benzene rings is 1. The Morgan fingerprint density at radius 1 is 1.25 bits per heavy atom. The van der Waals surface area contributed by atoms with Crippen LogP contribution >= 0.6 is 0 Å². The van der Waals surface area contributed by atoms with E-state index in [0.717, 1.165) is 25.9 Å². The van der Waals surface area contributed by atoms with Crippen molar-refractivity contribution in [1.82, 2.24) is 9.88 Å². The van der Waals surface area contributed by atoms with Crippen molar-refractivity contribution >= 4 is 5.97 Å². The van der Waals surface area contributed by atoms with Gasteiger partial charge in [-0.2, -0.15) is 0 Å². The number of pyridine rings is 1. The third kappa shape index (κ3) is 4.40. The normalized spacial score (nSPS) is 18.4. The lowest BCUT2D eigenvalue weighted by Crippen LogP contribution is -2.42. The number of rotatable bonds is 6. The summed E-state index contributed by atoms with van der Waals surface area (Å²) in [5.41, 5.74) is 2.22. The highest BCUT2D eigenvalue weighted by molar-refractivity contribution is 5.88. The number of hydrogen-bond donors (Lipinski definition) is 1. The van der Waals surface area contributed by atoms with E-state index in [9.17, 15) is 9.90 Å². The average Bonchev–Trinajstić information content (AvgIpc) is 2.61. The predicted octanol–water partition coefficient (Wildman–Crippen LogP) is 2.61. The van der Waals surface area contributed by atoms with Crippen LogP contribution in [0.4, 0.5) is 0 Å². The first kappa shape index (κ1) is 16.6. The Morgan fingerprint density at radius 2 is 2.08 bits per heavy atom. The van der Waals surface area contributed by atoms with Crippen molar-refractivity contribution in [3.8, 4) is 0 Å². The molecule has 5 heteroatoms. The second-order valence-corrected chi connectivity index (χ2v) is 6.05. The molecule has 1 atom stereocenters. The molecule has 1 unspecified atom stereocenters. The Labute approximate surface area is 141 Å². The number of carboxylic acid groups (broad SMARTS) is 1. The van der Waals surface area contributed by atoms with Crippen LogP contribution in [0.15, 0.2) is 48.7 Å². The fourth-order valence-electron chi connectivity index (χ4n) is 3.04. The molecule has 24 heavy (non-hydrogen) atoms. The summed E-state index contributed by atoms with van der Waals surface area (Å²) in [6, 6.07) is 13.7. The molecular formula is C19H22N2O3. The van der Waals surface area contributed by atoms with Gasteiger partial charge in [-0.15, -0.1) is 0 Å². The number of aryl methyl sites for hydroxylation is 1. The molecule has 0 radical (unpaired) electrons. The van der Waals surface area contributed by atoms with Crippen molar-refractivity contribution in [2.45, 2.75) is 25.5 Å². The summed E-state index contributed by atoms with van der Waals surface area (Å²) in [5.74, 6) is -0.924. The molecule has 1 aromatic carbocycles. The van der Waals surface area contributed by atoms with E-state index in [1.807, 2.05) is 6.07 Å². The zero-order valence-corrected chi connectivity index (χ0v) is 13.6. The molecule has 1 aliphatic heterocycles. The van der Waals surface area contributed by atoms with Gasteiger partial charge in [-0.3, -0.25) is 9.88 Å². The maximum absolute atomic E-state index is 11.3. The van der Waals surface area contributed by atoms with Gasteiger partial charge in [-0.05, 0) is 30.5 Å². The molecule has 1 saturated heterocycles. The topological polar surface area (TPSA) is 62.7 Å². The van der Waals surface area contributed by atoms with Gasteiger partial charge in [0.15, 0.2) is 0 Å². The van der Waals surface area contributed by atoms with Gasteiger partial charge in [0.2, 0.25) is 0 Å². The molecule has 1 N–H and O–H groups in total. The smallest absolute Gasteiger partial charge is 0.337 e. The van der Waals surface area contributed by atoms with E-state index in [4.69, 9.17) is 4.74 Å². The number of aromatic nitrogens is 1. The summed E-state index contributed by atoms with van der Waals surface area (Å²) in [7, 11) is 0. The number of aromatic carboxylic acids is 1. The Bertz CT molecular complexity index is 675. The number of hydrogen-bond acceptors (Lipinski definition) is 4. The largest absolute Gasteiger partial charge is 0.478 e. The maximum atomic E-state index is 11.3. The van der Waals surface area contributed by atoms with Gasteiger partial charge in [0.25, 0.3) is 0 Å².